The number of benzene rings is 1. The first-order chi connectivity index (χ1) is 15.3. The maximum Gasteiger partial charge on any atom is 0.150 e. The van der Waals surface area contributed by atoms with Gasteiger partial charge in [0.1, 0.15) is 5.82 Å². The average Bonchev–Trinajstić information content (AvgIpc) is 3.29. The molecule has 1 aromatic carbocycles. The van der Waals surface area contributed by atoms with Crippen LogP contribution in [0.15, 0.2) is 73.3 Å². The standard InChI is InChI=1S/C25H24N6/c1-2-4-22-19(3-1)5-6-23(29-22)31-16-21(17-31)24-25(28-13-12-27-24)30-14-9-20(15-30)18-7-10-26-11-8-18/h1-8,10-13,20-21H,9,14-17H2/t20-/m0/s1. The van der Waals surface area contributed by atoms with Crippen molar-refractivity contribution in [3.63, 3.8) is 0 Å². The van der Waals surface area contributed by atoms with Gasteiger partial charge in [0.15, 0.2) is 5.82 Å². The first kappa shape index (κ1) is 18.2. The summed E-state index contributed by atoms with van der Waals surface area (Å²) in [5, 5.41) is 1.18. The smallest absolute Gasteiger partial charge is 0.150 e. The Labute approximate surface area is 181 Å². The van der Waals surface area contributed by atoms with E-state index in [9.17, 15) is 0 Å². The van der Waals surface area contributed by atoms with Gasteiger partial charge >= 0.3 is 0 Å². The monoisotopic (exact) mass is 408 g/mol. The van der Waals surface area contributed by atoms with E-state index in [1.165, 1.54) is 10.9 Å². The average molecular weight is 409 g/mol. The maximum atomic E-state index is 4.84. The zero-order valence-corrected chi connectivity index (χ0v) is 17.3. The minimum absolute atomic E-state index is 0.386. The molecule has 0 saturated carbocycles. The molecule has 3 aromatic heterocycles. The highest BCUT2D eigenvalue weighted by Gasteiger charge is 2.35. The summed E-state index contributed by atoms with van der Waals surface area (Å²) in [6.07, 6.45) is 8.55. The van der Waals surface area contributed by atoms with Crippen LogP contribution in [0.3, 0.4) is 0 Å². The van der Waals surface area contributed by atoms with Gasteiger partial charge in [0.25, 0.3) is 0 Å². The minimum Gasteiger partial charge on any atom is -0.355 e. The summed E-state index contributed by atoms with van der Waals surface area (Å²) < 4.78 is 0. The topological polar surface area (TPSA) is 58.0 Å². The molecule has 5 heterocycles. The molecular formula is C25H24N6. The predicted octanol–water partition coefficient (Wildman–Crippen LogP) is 4.02. The predicted molar refractivity (Wildman–Crippen MR) is 123 cm³/mol. The number of hydrogen-bond donors (Lipinski definition) is 0. The second kappa shape index (κ2) is 7.61. The summed E-state index contributed by atoms with van der Waals surface area (Å²) in [4.78, 5) is 23.2. The van der Waals surface area contributed by atoms with Gasteiger partial charge in [-0.1, -0.05) is 18.2 Å². The highest BCUT2D eigenvalue weighted by atomic mass is 15.3. The van der Waals surface area contributed by atoms with E-state index in [4.69, 9.17) is 15.0 Å². The summed E-state index contributed by atoms with van der Waals surface area (Å²) in [6.45, 7) is 3.86. The molecule has 0 bridgehead atoms. The molecule has 0 N–H and O–H groups in total. The van der Waals surface area contributed by atoms with Crippen LogP contribution in [0.25, 0.3) is 10.9 Å². The Morgan fingerprint density at radius 1 is 0.742 bits per heavy atom. The van der Waals surface area contributed by atoms with Crippen molar-refractivity contribution in [2.45, 2.75) is 18.3 Å². The van der Waals surface area contributed by atoms with Gasteiger partial charge < -0.3 is 9.80 Å². The fourth-order valence-electron chi connectivity index (χ4n) is 4.80. The molecule has 0 aliphatic carbocycles. The molecule has 0 spiro atoms. The number of hydrogen-bond acceptors (Lipinski definition) is 6. The lowest BCUT2D eigenvalue weighted by molar-refractivity contribution is 0.507. The van der Waals surface area contributed by atoms with Crippen molar-refractivity contribution >= 4 is 22.5 Å². The Morgan fingerprint density at radius 2 is 1.55 bits per heavy atom. The number of para-hydroxylation sites is 1. The number of aromatic nitrogens is 4. The van der Waals surface area contributed by atoms with Gasteiger partial charge in [-0.15, -0.1) is 0 Å². The van der Waals surface area contributed by atoms with Crippen LogP contribution in [0.2, 0.25) is 0 Å². The molecule has 6 heteroatoms. The number of anilines is 2. The van der Waals surface area contributed by atoms with Gasteiger partial charge in [-0.25, -0.2) is 9.97 Å². The van der Waals surface area contributed by atoms with Gasteiger partial charge in [-0.2, -0.15) is 0 Å². The molecule has 2 aliphatic heterocycles. The van der Waals surface area contributed by atoms with Gasteiger partial charge in [0, 0.05) is 68.2 Å². The first-order valence-corrected chi connectivity index (χ1v) is 10.9. The second-order valence-corrected chi connectivity index (χ2v) is 8.44. The lowest BCUT2D eigenvalue weighted by Gasteiger charge is -2.40. The van der Waals surface area contributed by atoms with Crippen molar-refractivity contribution < 1.29 is 0 Å². The van der Waals surface area contributed by atoms with Crippen molar-refractivity contribution in [2.75, 3.05) is 36.0 Å². The third kappa shape index (κ3) is 3.38. The van der Waals surface area contributed by atoms with Gasteiger partial charge in [-0.3, -0.25) is 9.97 Å². The molecule has 6 nitrogen and oxygen atoms in total. The van der Waals surface area contributed by atoms with Crippen molar-refractivity contribution in [1.82, 2.24) is 19.9 Å². The fraction of sp³-hybridized carbons (Fsp3) is 0.280. The largest absolute Gasteiger partial charge is 0.355 e. The van der Waals surface area contributed by atoms with Crippen LogP contribution in [-0.2, 0) is 0 Å². The van der Waals surface area contributed by atoms with Crippen LogP contribution >= 0.6 is 0 Å². The lowest BCUT2D eigenvalue weighted by Crippen LogP contribution is -2.46. The molecule has 31 heavy (non-hydrogen) atoms. The van der Waals surface area contributed by atoms with Crippen LogP contribution in [0, 0.1) is 0 Å². The molecule has 2 aliphatic rings. The molecule has 0 radical (unpaired) electrons. The summed E-state index contributed by atoms with van der Waals surface area (Å²) in [7, 11) is 0. The maximum absolute atomic E-state index is 4.84. The van der Waals surface area contributed by atoms with Gasteiger partial charge in [0.2, 0.25) is 0 Å². The van der Waals surface area contributed by atoms with E-state index in [0.717, 1.165) is 55.4 Å². The molecule has 4 aromatic rings. The molecule has 2 fully saturated rings. The van der Waals surface area contributed by atoms with E-state index >= 15 is 0 Å². The highest BCUT2D eigenvalue weighted by molar-refractivity contribution is 5.80. The molecule has 0 unspecified atom stereocenters. The zero-order valence-electron chi connectivity index (χ0n) is 17.3. The Bertz CT molecular complexity index is 1200. The van der Waals surface area contributed by atoms with Crippen LogP contribution in [0.4, 0.5) is 11.6 Å². The third-order valence-electron chi connectivity index (χ3n) is 6.55. The zero-order chi connectivity index (χ0) is 20.6. The molecule has 154 valence electrons. The van der Waals surface area contributed by atoms with Crippen molar-refractivity contribution in [3.05, 3.63) is 84.6 Å². The first-order valence-electron chi connectivity index (χ1n) is 10.9. The Morgan fingerprint density at radius 3 is 2.45 bits per heavy atom. The van der Waals surface area contributed by atoms with Gasteiger partial charge in [-0.05, 0) is 42.3 Å². The van der Waals surface area contributed by atoms with E-state index in [-0.39, 0.29) is 0 Å². The summed E-state index contributed by atoms with van der Waals surface area (Å²) in [5.74, 6) is 3.00. The van der Waals surface area contributed by atoms with Crippen molar-refractivity contribution in [1.29, 1.82) is 0 Å². The van der Waals surface area contributed by atoms with Crippen molar-refractivity contribution in [2.24, 2.45) is 0 Å². The Balaban J connectivity index is 1.18. The normalized spacial score (nSPS) is 19.0. The summed E-state index contributed by atoms with van der Waals surface area (Å²) >= 11 is 0. The van der Waals surface area contributed by atoms with Crippen LogP contribution < -0.4 is 9.80 Å². The SMILES string of the molecule is c1ccc2nc(N3CC(c4nccnc4N4CC[C@H](c5ccncc5)C4)C3)ccc2c1. The van der Waals surface area contributed by atoms with Gasteiger partial charge in [0.05, 0.1) is 11.2 Å². The number of fused-ring (bicyclic) bond motifs is 1. The lowest BCUT2D eigenvalue weighted by atomic mass is 9.95. The van der Waals surface area contributed by atoms with E-state index in [1.807, 2.05) is 30.9 Å². The highest BCUT2D eigenvalue weighted by Crippen LogP contribution is 2.37. The quantitative estimate of drug-likeness (QED) is 0.508. The van der Waals surface area contributed by atoms with Crippen LogP contribution in [0.1, 0.15) is 29.5 Å². The fourth-order valence-corrected chi connectivity index (χ4v) is 4.80. The number of nitrogens with zero attached hydrogens (tertiary/aromatic N) is 6. The Hall–Kier alpha value is -3.54. The van der Waals surface area contributed by atoms with E-state index in [1.54, 1.807) is 0 Å². The van der Waals surface area contributed by atoms with E-state index in [0.29, 0.717) is 11.8 Å². The van der Waals surface area contributed by atoms with Crippen LogP contribution in [-0.4, -0.2) is 46.1 Å². The Kier molecular flexibility index (Phi) is 4.48. The molecular weight excluding hydrogens is 384 g/mol. The molecule has 0 amide bonds. The molecule has 6 rings (SSSR count). The third-order valence-corrected chi connectivity index (χ3v) is 6.55. The summed E-state index contributed by atoms with van der Waals surface area (Å²) in [6, 6.07) is 16.8. The van der Waals surface area contributed by atoms with Crippen LogP contribution in [0.5, 0.6) is 0 Å². The molecule has 2 saturated heterocycles. The van der Waals surface area contributed by atoms with Crippen molar-refractivity contribution in [3.8, 4) is 0 Å². The minimum atomic E-state index is 0.386. The number of pyridine rings is 2. The number of rotatable bonds is 4. The second-order valence-electron chi connectivity index (χ2n) is 8.44. The molecule has 1 atom stereocenters. The summed E-state index contributed by atoms with van der Waals surface area (Å²) in [5.41, 5.74) is 3.53. The van der Waals surface area contributed by atoms with E-state index < -0.39 is 0 Å². The van der Waals surface area contributed by atoms with E-state index in [2.05, 4.69) is 57.2 Å².